The lowest BCUT2D eigenvalue weighted by molar-refractivity contribution is -0.0715. The molecule has 1 aromatic carbocycles. The van der Waals surface area contributed by atoms with Gasteiger partial charge in [-0.25, -0.2) is 0 Å². The number of hydrogen-bond acceptors (Lipinski definition) is 5. The van der Waals surface area contributed by atoms with Crippen LogP contribution in [0.15, 0.2) is 42.6 Å². The molecule has 4 N–H and O–H groups in total. The normalized spacial score (nSPS) is 34.3. The Bertz CT molecular complexity index is 983. The van der Waals surface area contributed by atoms with Gasteiger partial charge in [0.15, 0.2) is 0 Å². The molecule has 0 radical (unpaired) electrons. The molecule has 2 fully saturated rings. The van der Waals surface area contributed by atoms with Gasteiger partial charge >= 0.3 is 0 Å². The summed E-state index contributed by atoms with van der Waals surface area (Å²) in [5.41, 5.74) is 3.26. The fourth-order valence-corrected chi connectivity index (χ4v) is 7.80. The molecule has 0 saturated heterocycles. The van der Waals surface area contributed by atoms with Crippen LogP contribution >= 0.6 is 0 Å². The minimum absolute atomic E-state index is 0.0729. The number of nitrogens with zero attached hydrogens (tertiary/aromatic N) is 1. The highest BCUT2D eigenvalue weighted by Crippen LogP contribution is 2.66. The van der Waals surface area contributed by atoms with Gasteiger partial charge in [-0.3, -0.25) is 4.98 Å². The third-order valence-corrected chi connectivity index (χ3v) is 9.60. The molecule has 6 atom stereocenters. The number of rotatable bonds is 8. The molecule has 3 unspecified atom stereocenters. The van der Waals surface area contributed by atoms with E-state index in [-0.39, 0.29) is 17.4 Å². The highest BCUT2D eigenvalue weighted by Gasteiger charge is 2.63. The van der Waals surface area contributed by atoms with Crippen molar-refractivity contribution in [2.45, 2.75) is 76.9 Å². The zero-order valence-corrected chi connectivity index (χ0v) is 20.4. The molecule has 5 rings (SSSR count). The summed E-state index contributed by atoms with van der Waals surface area (Å²) >= 11 is 0. The Hall–Kier alpha value is -1.95. The average molecular weight is 465 g/mol. The zero-order valence-electron chi connectivity index (χ0n) is 20.4. The van der Waals surface area contributed by atoms with Gasteiger partial charge in [0.25, 0.3) is 0 Å². The summed E-state index contributed by atoms with van der Waals surface area (Å²) in [5, 5.41) is 35.6. The molecule has 0 aliphatic heterocycles. The van der Waals surface area contributed by atoms with Crippen LogP contribution in [0.5, 0.6) is 5.75 Å². The number of fused-ring (bicyclic) bond motifs is 5. The lowest BCUT2D eigenvalue weighted by atomic mass is 9.55. The maximum Gasteiger partial charge on any atom is 0.115 e. The summed E-state index contributed by atoms with van der Waals surface area (Å²) in [7, 11) is 0. The minimum Gasteiger partial charge on any atom is -0.508 e. The summed E-state index contributed by atoms with van der Waals surface area (Å²) in [6.07, 6.45) is 9.44. The zero-order chi connectivity index (χ0) is 23.8. The van der Waals surface area contributed by atoms with Crippen LogP contribution in [0, 0.1) is 22.7 Å². The largest absolute Gasteiger partial charge is 0.508 e. The standard InChI is InChI=1S/C29H40N2O3/c1-28-13-11-24-23-10-8-22(33)16-20(23)7-9-25(24)26(28)17-29(19-32,27(28)34)12-3-5-14-30-18-21-6-2-4-15-31-21/h2,4,6,8,10,15-16,24-27,30,32-34H,3,5,7,9,11-14,17-19H2,1H3/t24?,25?,26?,27-,28+,29-/m1/s1. The SMILES string of the molecule is C[C@]12CCC3c4ccc(O)cc4CCC3C1C[C@@](CO)(CCCCNCc1ccccn1)[C@@H]2O. The number of unbranched alkanes of at least 4 members (excludes halogenated alkanes) is 1. The lowest BCUT2D eigenvalue weighted by Gasteiger charge is -2.50. The second-order valence-electron chi connectivity index (χ2n) is 11.4. The number of phenolic OH excluding ortho intramolecular Hbond substituents is 1. The molecule has 0 amide bonds. The van der Waals surface area contributed by atoms with Gasteiger partial charge < -0.3 is 20.6 Å². The van der Waals surface area contributed by atoms with Crippen LogP contribution in [0.3, 0.4) is 0 Å². The summed E-state index contributed by atoms with van der Waals surface area (Å²) < 4.78 is 0. The fraction of sp³-hybridized carbons (Fsp3) is 0.621. The van der Waals surface area contributed by atoms with Gasteiger partial charge in [-0.15, -0.1) is 0 Å². The number of aromatic nitrogens is 1. The molecule has 5 nitrogen and oxygen atoms in total. The molecule has 184 valence electrons. The molecule has 3 aliphatic rings. The predicted molar refractivity (Wildman–Crippen MR) is 133 cm³/mol. The first-order valence-corrected chi connectivity index (χ1v) is 13.2. The van der Waals surface area contributed by atoms with Crippen molar-refractivity contribution in [3.8, 4) is 5.75 Å². The molecule has 34 heavy (non-hydrogen) atoms. The van der Waals surface area contributed by atoms with E-state index in [0.29, 0.717) is 23.5 Å². The van der Waals surface area contributed by atoms with Gasteiger partial charge in [0, 0.05) is 18.2 Å². The Morgan fingerprint density at radius 1 is 1.15 bits per heavy atom. The molecule has 1 aromatic heterocycles. The van der Waals surface area contributed by atoms with Crippen LogP contribution in [0.1, 0.15) is 74.6 Å². The summed E-state index contributed by atoms with van der Waals surface area (Å²) in [5.74, 6) is 1.87. The van der Waals surface area contributed by atoms with E-state index in [0.717, 1.165) is 70.2 Å². The summed E-state index contributed by atoms with van der Waals surface area (Å²) in [6, 6.07) is 11.9. The number of phenols is 1. The number of aliphatic hydroxyl groups excluding tert-OH is 2. The third kappa shape index (κ3) is 4.16. The third-order valence-electron chi connectivity index (χ3n) is 9.60. The first-order chi connectivity index (χ1) is 16.5. The molecule has 2 saturated carbocycles. The van der Waals surface area contributed by atoms with E-state index in [4.69, 9.17) is 0 Å². The van der Waals surface area contributed by atoms with Crippen LogP contribution in [0.2, 0.25) is 0 Å². The van der Waals surface area contributed by atoms with Crippen LogP contribution in [0.25, 0.3) is 0 Å². The van der Waals surface area contributed by atoms with Crippen molar-refractivity contribution in [2.75, 3.05) is 13.2 Å². The van der Waals surface area contributed by atoms with E-state index in [1.165, 1.54) is 11.1 Å². The van der Waals surface area contributed by atoms with Gasteiger partial charge in [-0.2, -0.15) is 0 Å². The average Bonchev–Trinajstić information content (AvgIpc) is 3.09. The van der Waals surface area contributed by atoms with Crippen LogP contribution < -0.4 is 5.32 Å². The number of aromatic hydroxyl groups is 1. The van der Waals surface area contributed by atoms with Crippen molar-refractivity contribution in [1.29, 1.82) is 0 Å². The Morgan fingerprint density at radius 3 is 2.82 bits per heavy atom. The summed E-state index contributed by atoms with van der Waals surface area (Å²) in [4.78, 5) is 4.35. The Morgan fingerprint density at radius 2 is 2.03 bits per heavy atom. The Kier molecular flexibility index (Phi) is 6.71. The lowest BCUT2D eigenvalue weighted by Crippen LogP contribution is -2.46. The Balaban J connectivity index is 1.22. The minimum atomic E-state index is -0.446. The molecule has 2 aromatic rings. The topological polar surface area (TPSA) is 85.6 Å². The van der Waals surface area contributed by atoms with Crippen molar-refractivity contribution >= 4 is 0 Å². The number of pyridine rings is 1. The van der Waals surface area contributed by atoms with Crippen molar-refractivity contribution in [2.24, 2.45) is 22.7 Å². The van der Waals surface area contributed by atoms with E-state index in [1.54, 1.807) is 0 Å². The highest BCUT2D eigenvalue weighted by atomic mass is 16.3. The van der Waals surface area contributed by atoms with Gasteiger partial charge in [-0.1, -0.05) is 25.5 Å². The maximum atomic E-state index is 11.7. The number of hydrogen-bond donors (Lipinski definition) is 4. The van der Waals surface area contributed by atoms with Crippen molar-refractivity contribution in [1.82, 2.24) is 10.3 Å². The van der Waals surface area contributed by atoms with Gasteiger partial charge in [0.1, 0.15) is 5.75 Å². The first-order valence-electron chi connectivity index (χ1n) is 13.2. The molecule has 1 heterocycles. The van der Waals surface area contributed by atoms with Crippen LogP contribution in [-0.2, 0) is 13.0 Å². The van der Waals surface area contributed by atoms with E-state index in [2.05, 4.69) is 23.3 Å². The molecule has 0 bridgehead atoms. The van der Waals surface area contributed by atoms with Crippen molar-refractivity contribution in [3.05, 3.63) is 59.4 Å². The monoisotopic (exact) mass is 464 g/mol. The van der Waals surface area contributed by atoms with E-state index < -0.39 is 6.10 Å². The van der Waals surface area contributed by atoms with Crippen LogP contribution in [-0.4, -0.2) is 39.6 Å². The molecular weight excluding hydrogens is 424 g/mol. The van der Waals surface area contributed by atoms with Gasteiger partial charge in [-0.05, 0) is 110 Å². The van der Waals surface area contributed by atoms with E-state index >= 15 is 0 Å². The molecule has 3 aliphatic carbocycles. The maximum absolute atomic E-state index is 11.7. The number of aryl methyl sites for hydroxylation is 1. The predicted octanol–water partition coefficient (Wildman–Crippen LogP) is 4.55. The molecule has 5 heteroatoms. The van der Waals surface area contributed by atoms with Crippen molar-refractivity contribution < 1.29 is 15.3 Å². The van der Waals surface area contributed by atoms with Gasteiger partial charge in [0.2, 0.25) is 0 Å². The second kappa shape index (κ2) is 9.60. The fourth-order valence-electron chi connectivity index (χ4n) is 7.80. The number of nitrogens with one attached hydrogen (secondary N) is 1. The summed E-state index contributed by atoms with van der Waals surface area (Å²) in [6.45, 7) is 4.06. The van der Waals surface area contributed by atoms with Gasteiger partial charge in [0.05, 0.1) is 18.4 Å². The Labute approximate surface area is 203 Å². The smallest absolute Gasteiger partial charge is 0.115 e. The second-order valence-corrected chi connectivity index (χ2v) is 11.4. The highest BCUT2D eigenvalue weighted by molar-refractivity contribution is 5.40. The number of aliphatic hydroxyl groups is 2. The molecule has 0 spiro atoms. The molecular formula is C29H40N2O3. The number of benzene rings is 1. The quantitative estimate of drug-likeness (QED) is 0.431. The van der Waals surface area contributed by atoms with Crippen LogP contribution in [0.4, 0.5) is 0 Å². The van der Waals surface area contributed by atoms with E-state index in [1.807, 2.05) is 36.5 Å². The van der Waals surface area contributed by atoms with E-state index in [9.17, 15) is 15.3 Å². The first kappa shape index (κ1) is 23.8. The van der Waals surface area contributed by atoms with Crippen molar-refractivity contribution in [3.63, 3.8) is 0 Å².